The topological polar surface area (TPSA) is 15.3 Å². The molecule has 0 saturated carbocycles. The van der Waals surface area contributed by atoms with E-state index in [1.165, 1.54) is 45.2 Å². The van der Waals surface area contributed by atoms with Crippen LogP contribution in [0.4, 0.5) is 0 Å². The zero-order chi connectivity index (χ0) is 13.0. The van der Waals surface area contributed by atoms with Crippen molar-refractivity contribution in [2.45, 2.75) is 71.0 Å². The average molecular weight is 250 g/mol. The third-order valence-corrected chi connectivity index (χ3v) is 4.98. The van der Waals surface area contributed by atoms with Crippen LogP contribution in [-0.2, 0) is 0 Å². The predicted molar refractivity (Wildman–Crippen MR) is 78.8 cm³/mol. The van der Waals surface area contributed by atoms with Crippen LogP contribution in [0.3, 0.4) is 0 Å². The molecule has 1 heterocycles. The molecule has 2 nitrogen and oxygen atoms in total. The minimum atomic E-state index is 0.726. The van der Waals surface area contributed by atoms with Crippen molar-refractivity contribution < 1.29 is 0 Å². The Balaban J connectivity index is 1.90. The van der Waals surface area contributed by atoms with Gasteiger partial charge in [0.15, 0.2) is 0 Å². The van der Waals surface area contributed by atoms with E-state index >= 15 is 0 Å². The van der Waals surface area contributed by atoms with Gasteiger partial charge in [0.05, 0.1) is 0 Å². The maximum Gasteiger partial charge on any atom is 0.0136 e. The van der Waals surface area contributed by atoms with Gasteiger partial charge in [-0.05, 0) is 51.5 Å². The lowest BCUT2D eigenvalue weighted by Crippen LogP contribution is -2.56. The highest BCUT2D eigenvalue weighted by Crippen LogP contribution is 2.29. The summed E-state index contributed by atoms with van der Waals surface area (Å²) in [5.41, 5.74) is 0. The van der Waals surface area contributed by atoms with Crippen LogP contribution in [-0.4, -0.2) is 36.1 Å². The average Bonchev–Trinajstić information content (AvgIpc) is 2.41. The summed E-state index contributed by atoms with van der Waals surface area (Å²) in [5.74, 6) is 0.774. The van der Waals surface area contributed by atoms with Crippen LogP contribution in [0, 0.1) is 5.92 Å². The van der Waals surface area contributed by atoms with E-state index in [0.29, 0.717) is 0 Å². The molecule has 0 aromatic rings. The van der Waals surface area contributed by atoms with Gasteiger partial charge in [-0.3, -0.25) is 4.90 Å². The third kappa shape index (κ3) is 3.16. The highest BCUT2D eigenvalue weighted by Gasteiger charge is 2.35. The zero-order valence-electron chi connectivity index (χ0n) is 12.4. The minimum Gasteiger partial charge on any atom is -0.314 e. The molecule has 18 heavy (non-hydrogen) atoms. The second kappa shape index (κ2) is 6.72. The molecule has 1 aliphatic carbocycles. The molecular formula is C16H30N2. The first-order valence-corrected chi connectivity index (χ1v) is 7.88. The number of piperidine rings is 1. The first-order chi connectivity index (χ1) is 8.74. The molecule has 0 spiro atoms. The van der Waals surface area contributed by atoms with E-state index in [9.17, 15) is 0 Å². The normalized spacial score (nSPS) is 37.9. The van der Waals surface area contributed by atoms with Crippen LogP contribution in [0.25, 0.3) is 0 Å². The number of rotatable bonds is 4. The second-order valence-corrected chi connectivity index (χ2v) is 6.13. The molecule has 0 aromatic heterocycles. The molecule has 2 aliphatic rings. The Morgan fingerprint density at radius 3 is 2.72 bits per heavy atom. The Kier molecular flexibility index (Phi) is 5.25. The van der Waals surface area contributed by atoms with E-state index < -0.39 is 0 Å². The predicted octanol–water partition coefficient (Wildman–Crippen LogP) is 3.19. The summed E-state index contributed by atoms with van der Waals surface area (Å²) in [7, 11) is 0. The zero-order valence-corrected chi connectivity index (χ0v) is 12.4. The highest BCUT2D eigenvalue weighted by molar-refractivity contribution is 4.98. The molecule has 104 valence electrons. The van der Waals surface area contributed by atoms with Crippen molar-refractivity contribution in [3.8, 4) is 0 Å². The molecule has 1 saturated heterocycles. The summed E-state index contributed by atoms with van der Waals surface area (Å²) in [5, 5.41) is 3.73. The molecule has 1 fully saturated rings. The Morgan fingerprint density at radius 1 is 1.22 bits per heavy atom. The smallest absolute Gasteiger partial charge is 0.0136 e. The van der Waals surface area contributed by atoms with E-state index in [1.54, 1.807) is 0 Å². The van der Waals surface area contributed by atoms with Crippen molar-refractivity contribution in [2.24, 2.45) is 5.92 Å². The van der Waals surface area contributed by atoms with Gasteiger partial charge >= 0.3 is 0 Å². The van der Waals surface area contributed by atoms with Crippen molar-refractivity contribution in [1.29, 1.82) is 0 Å². The fourth-order valence-electron chi connectivity index (χ4n) is 3.60. The van der Waals surface area contributed by atoms with Gasteiger partial charge in [-0.15, -0.1) is 0 Å². The quantitative estimate of drug-likeness (QED) is 0.771. The fourth-order valence-corrected chi connectivity index (χ4v) is 3.60. The first kappa shape index (κ1) is 14.1. The largest absolute Gasteiger partial charge is 0.314 e. The molecule has 4 unspecified atom stereocenters. The second-order valence-electron chi connectivity index (χ2n) is 6.13. The molecule has 1 N–H and O–H groups in total. The van der Waals surface area contributed by atoms with Crippen molar-refractivity contribution in [3.05, 3.63) is 12.2 Å². The summed E-state index contributed by atoms with van der Waals surface area (Å²) in [6.07, 6.45) is 11.2. The monoisotopic (exact) mass is 250 g/mol. The molecule has 0 aromatic carbocycles. The van der Waals surface area contributed by atoms with E-state index in [2.05, 4.69) is 43.1 Å². The summed E-state index contributed by atoms with van der Waals surface area (Å²) < 4.78 is 0. The Hall–Kier alpha value is -0.340. The van der Waals surface area contributed by atoms with Gasteiger partial charge in [-0.2, -0.15) is 0 Å². The van der Waals surface area contributed by atoms with Crippen LogP contribution < -0.4 is 5.32 Å². The number of hydrogen-bond donors (Lipinski definition) is 1. The van der Waals surface area contributed by atoms with Gasteiger partial charge in [-0.1, -0.05) is 26.0 Å². The standard InChI is InChI=1S/C16H30N2/c1-4-11-17-16-10-12-18(14(3)13(16)2)15-8-6-5-7-9-15/h5-6,13-17H,4,7-12H2,1-3H3. The molecule has 0 bridgehead atoms. The Bertz CT molecular complexity index is 274. The van der Waals surface area contributed by atoms with Crippen LogP contribution in [0.15, 0.2) is 12.2 Å². The Labute approximate surface area is 113 Å². The van der Waals surface area contributed by atoms with Crippen molar-refractivity contribution in [3.63, 3.8) is 0 Å². The molecule has 2 rings (SSSR count). The van der Waals surface area contributed by atoms with Crippen LogP contribution in [0.1, 0.15) is 52.9 Å². The van der Waals surface area contributed by atoms with E-state index in [-0.39, 0.29) is 0 Å². The minimum absolute atomic E-state index is 0.726. The Morgan fingerprint density at radius 2 is 2.06 bits per heavy atom. The number of hydrogen-bond acceptors (Lipinski definition) is 2. The lowest BCUT2D eigenvalue weighted by molar-refractivity contribution is 0.0431. The lowest BCUT2D eigenvalue weighted by Gasteiger charge is -2.47. The maximum absolute atomic E-state index is 3.73. The summed E-state index contributed by atoms with van der Waals surface area (Å²) in [6, 6.07) is 2.26. The van der Waals surface area contributed by atoms with Crippen LogP contribution in [0.2, 0.25) is 0 Å². The van der Waals surface area contributed by atoms with Gasteiger partial charge in [0.2, 0.25) is 0 Å². The lowest BCUT2D eigenvalue weighted by atomic mass is 9.84. The summed E-state index contributed by atoms with van der Waals surface area (Å²) in [4.78, 5) is 2.78. The summed E-state index contributed by atoms with van der Waals surface area (Å²) >= 11 is 0. The van der Waals surface area contributed by atoms with Crippen molar-refractivity contribution in [1.82, 2.24) is 10.2 Å². The molecule has 1 aliphatic heterocycles. The molecule has 4 atom stereocenters. The third-order valence-electron chi connectivity index (χ3n) is 4.98. The van der Waals surface area contributed by atoms with Crippen LogP contribution >= 0.6 is 0 Å². The maximum atomic E-state index is 3.73. The van der Waals surface area contributed by atoms with Gasteiger partial charge in [-0.25, -0.2) is 0 Å². The van der Waals surface area contributed by atoms with Gasteiger partial charge in [0.25, 0.3) is 0 Å². The van der Waals surface area contributed by atoms with Gasteiger partial charge in [0.1, 0.15) is 0 Å². The first-order valence-electron chi connectivity index (χ1n) is 7.88. The fraction of sp³-hybridized carbons (Fsp3) is 0.875. The van der Waals surface area contributed by atoms with E-state index in [1.807, 2.05) is 0 Å². The van der Waals surface area contributed by atoms with Crippen molar-refractivity contribution >= 4 is 0 Å². The number of nitrogens with zero attached hydrogens (tertiary/aromatic N) is 1. The highest BCUT2D eigenvalue weighted by atomic mass is 15.2. The number of nitrogens with one attached hydrogen (secondary N) is 1. The van der Waals surface area contributed by atoms with Crippen LogP contribution in [0.5, 0.6) is 0 Å². The SMILES string of the molecule is CCCNC1CCN(C2CC=CCC2)C(C)C1C. The van der Waals surface area contributed by atoms with Gasteiger partial charge in [0, 0.05) is 24.7 Å². The molecular weight excluding hydrogens is 220 g/mol. The van der Waals surface area contributed by atoms with E-state index in [0.717, 1.165) is 24.0 Å². The summed E-state index contributed by atoms with van der Waals surface area (Å²) in [6.45, 7) is 9.58. The molecule has 0 radical (unpaired) electrons. The van der Waals surface area contributed by atoms with E-state index in [4.69, 9.17) is 0 Å². The van der Waals surface area contributed by atoms with Crippen molar-refractivity contribution in [2.75, 3.05) is 13.1 Å². The van der Waals surface area contributed by atoms with Gasteiger partial charge < -0.3 is 5.32 Å². The number of allylic oxidation sites excluding steroid dienone is 1. The number of likely N-dealkylation sites (tertiary alicyclic amines) is 1. The molecule has 0 amide bonds. The molecule has 2 heteroatoms.